The molecule has 5 nitrogen and oxygen atoms in total. The Morgan fingerprint density at radius 1 is 1.25 bits per heavy atom. The summed E-state index contributed by atoms with van der Waals surface area (Å²) in [6.07, 6.45) is 2.16. The van der Waals surface area contributed by atoms with E-state index in [1.54, 1.807) is 0 Å². The Balaban J connectivity index is 1.77. The first kappa shape index (κ1) is 15.1. The fourth-order valence-electron chi connectivity index (χ4n) is 3.50. The van der Waals surface area contributed by atoms with E-state index in [1.165, 1.54) is 0 Å². The predicted octanol–water partition coefficient (Wildman–Crippen LogP) is 3.09. The molecular weight excluding hydrogens is 300 g/mol. The number of anilines is 1. The summed E-state index contributed by atoms with van der Waals surface area (Å²) in [5.41, 5.74) is 4.00. The summed E-state index contributed by atoms with van der Waals surface area (Å²) in [4.78, 5) is 15.2. The molecule has 0 radical (unpaired) electrons. The molecule has 2 N–H and O–H groups in total. The van der Waals surface area contributed by atoms with E-state index in [0.29, 0.717) is 5.92 Å². The molecule has 5 heteroatoms. The first-order chi connectivity index (χ1) is 11.7. The maximum Gasteiger partial charge on any atom is 0.158 e. The molecule has 1 aromatic carbocycles. The normalized spacial score (nSPS) is 18.2. The zero-order valence-electron chi connectivity index (χ0n) is 13.9. The Hall–Kier alpha value is -2.40. The van der Waals surface area contributed by atoms with E-state index >= 15 is 0 Å². The van der Waals surface area contributed by atoms with Gasteiger partial charge in [0.1, 0.15) is 11.5 Å². The van der Waals surface area contributed by atoms with Gasteiger partial charge in [-0.15, -0.1) is 0 Å². The van der Waals surface area contributed by atoms with Crippen molar-refractivity contribution in [1.82, 2.24) is 15.0 Å². The van der Waals surface area contributed by atoms with Crippen molar-refractivity contribution in [3.63, 3.8) is 0 Å². The molecule has 0 aliphatic carbocycles. The molecule has 1 unspecified atom stereocenters. The van der Waals surface area contributed by atoms with Gasteiger partial charge in [-0.1, -0.05) is 30.3 Å². The van der Waals surface area contributed by atoms with E-state index in [1.807, 2.05) is 25.1 Å². The molecule has 1 fully saturated rings. The van der Waals surface area contributed by atoms with E-state index in [2.05, 4.69) is 28.1 Å². The zero-order chi connectivity index (χ0) is 16.5. The molecule has 24 heavy (non-hydrogen) atoms. The molecule has 0 bridgehead atoms. The Kier molecular flexibility index (Phi) is 3.94. The van der Waals surface area contributed by atoms with E-state index in [4.69, 9.17) is 9.97 Å². The van der Waals surface area contributed by atoms with Crippen molar-refractivity contribution in [3.05, 3.63) is 42.2 Å². The van der Waals surface area contributed by atoms with Gasteiger partial charge >= 0.3 is 0 Å². The van der Waals surface area contributed by atoms with Crippen LogP contribution in [0.2, 0.25) is 0 Å². The number of nitrogens with one attached hydrogen (secondary N) is 1. The lowest BCUT2D eigenvalue weighted by molar-refractivity contribution is 0.208. The van der Waals surface area contributed by atoms with Crippen LogP contribution < -0.4 is 4.90 Å². The van der Waals surface area contributed by atoms with Gasteiger partial charge in [-0.05, 0) is 31.7 Å². The minimum absolute atomic E-state index is 0.237. The van der Waals surface area contributed by atoms with Gasteiger partial charge in [0.25, 0.3) is 0 Å². The number of rotatable bonds is 3. The SMILES string of the molecule is Cc1nc(N2CCCC(CO)C2)c2nc(-c3ccccc3)cc-2[nH]1. The summed E-state index contributed by atoms with van der Waals surface area (Å²) < 4.78 is 0. The summed E-state index contributed by atoms with van der Waals surface area (Å²) in [5, 5.41) is 9.51. The average Bonchev–Trinajstić information content (AvgIpc) is 3.05. The molecule has 1 atom stereocenters. The molecule has 0 spiro atoms. The first-order valence-electron chi connectivity index (χ1n) is 8.53. The summed E-state index contributed by atoms with van der Waals surface area (Å²) >= 11 is 0. The third-order valence-corrected chi connectivity index (χ3v) is 4.72. The van der Waals surface area contributed by atoms with Gasteiger partial charge in [-0.25, -0.2) is 9.97 Å². The minimum atomic E-state index is 0.237. The largest absolute Gasteiger partial charge is 0.396 e. The van der Waals surface area contributed by atoms with Gasteiger partial charge < -0.3 is 15.0 Å². The van der Waals surface area contributed by atoms with Gasteiger partial charge in [-0.3, -0.25) is 0 Å². The van der Waals surface area contributed by atoms with Crippen LogP contribution in [-0.2, 0) is 0 Å². The molecule has 1 aromatic rings. The second-order valence-electron chi connectivity index (χ2n) is 6.55. The third kappa shape index (κ3) is 2.76. The second kappa shape index (κ2) is 6.24. The molecule has 3 aliphatic heterocycles. The van der Waals surface area contributed by atoms with Crippen LogP contribution in [0.3, 0.4) is 0 Å². The number of aliphatic hydroxyl groups excluding tert-OH is 1. The number of aliphatic hydroxyl groups is 1. The predicted molar refractivity (Wildman–Crippen MR) is 95.2 cm³/mol. The smallest absolute Gasteiger partial charge is 0.158 e. The van der Waals surface area contributed by atoms with Gasteiger partial charge in [0.05, 0.1) is 11.4 Å². The number of hydrogen-bond donors (Lipinski definition) is 2. The second-order valence-corrected chi connectivity index (χ2v) is 6.55. The van der Waals surface area contributed by atoms with Crippen molar-refractivity contribution < 1.29 is 5.11 Å². The van der Waals surface area contributed by atoms with E-state index in [-0.39, 0.29) is 6.61 Å². The standard InChI is InChI=1S/C19H22N4O/c1-13-20-17-10-16(15-7-3-2-4-8-15)22-18(17)19(21-13)23-9-5-6-14(11-23)12-24/h2-4,7-8,10,14,24H,5-6,9,11-12H2,1H3,(H,20,21). The van der Waals surface area contributed by atoms with Gasteiger partial charge in [0.2, 0.25) is 0 Å². The van der Waals surface area contributed by atoms with Crippen LogP contribution in [0.25, 0.3) is 22.6 Å². The van der Waals surface area contributed by atoms with E-state index < -0.39 is 0 Å². The van der Waals surface area contributed by atoms with Crippen LogP contribution >= 0.6 is 0 Å². The van der Waals surface area contributed by atoms with Crippen molar-refractivity contribution in [3.8, 4) is 22.6 Å². The molecule has 4 rings (SSSR count). The van der Waals surface area contributed by atoms with Crippen LogP contribution in [0.15, 0.2) is 36.4 Å². The number of benzene rings is 1. The fraction of sp³-hybridized carbons (Fsp3) is 0.368. The van der Waals surface area contributed by atoms with Gasteiger partial charge in [-0.2, -0.15) is 0 Å². The molecule has 3 heterocycles. The van der Waals surface area contributed by atoms with Crippen LogP contribution in [0.4, 0.5) is 5.82 Å². The highest BCUT2D eigenvalue weighted by atomic mass is 16.3. The summed E-state index contributed by atoms with van der Waals surface area (Å²) in [7, 11) is 0. The van der Waals surface area contributed by atoms with E-state index in [9.17, 15) is 5.11 Å². The van der Waals surface area contributed by atoms with Crippen molar-refractivity contribution in [2.24, 2.45) is 5.92 Å². The number of nitrogens with zero attached hydrogens (tertiary/aromatic N) is 3. The number of aromatic amines is 1. The quantitative estimate of drug-likeness (QED) is 0.778. The number of piperidine rings is 1. The molecule has 124 valence electrons. The van der Waals surface area contributed by atoms with Gasteiger partial charge in [0.15, 0.2) is 5.82 Å². The third-order valence-electron chi connectivity index (χ3n) is 4.72. The molecule has 0 aromatic heterocycles. The number of aryl methyl sites for hydroxylation is 1. The summed E-state index contributed by atoms with van der Waals surface area (Å²) in [6.45, 7) is 4.03. The van der Waals surface area contributed by atoms with Crippen molar-refractivity contribution in [2.75, 3.05) is 24.6 Å². The molecule has 1 saturated heterocycles. The van der Waals surface area contributed by atoms with Crippen LogP contribution in [0.5, 0.6) is 0 Å². The van der Waals surface area contributed by atoms with Crippen LogP contribution in [0, 0.1) is 12.8 Å². The number of fused-ring (bicyclic) bond motifs is 1. The fourth-order valence-corrected chi connectivity index (χ4v) is 3.50. The zero-order valence-corrected chi connectivity index (χ0v) is 13.9. The molecule has 0 saturated carbocycles. The molecule has 3 aliphatic rings. The lowest BCUT2D eigenvalue weighted by Crippen LogP contribution is -2.37. The van der Waals surface area contributed by atoms with Crippen molar-refractivity contribution in [1.29, 1.82) is 0 Å². The highest BCUT2D eigenvalue weighted by molar-refractivity contribution is 5.78. The molecule has 0 amide bonds. The summed E-state index contributed by atoms with van der Waals surface area (Å²) in [5.74, 6) is 2.14. The number of H-pyrrole nitrogens is 1. The van der Waals surface area contributed by atoms with Gasteiger partial charge in [0, 0.05) is 25.3 Å². The lowest BCUT2D eigenvalue weighted by Gasteiger charge is -2.33. The van der Waals surface area contributed by atoms with Crippen molar-refractivity contribution in [2.45, 2.75) is 19.8 Å². The maximum atomic E-state index is 9.51. The highest BCUT2D eigenvalue weighted by Crippen LogP contribution is 2.35. The topological polar surface area (TPSA) is 65.0 Å². The number of hydrogen-bond acceptors (Lipinski definition) is 4. The summed E-state index contributed by atoms with van der Waals surface area (Å²) in [6, 6.07) is 12.3. The monoisotopic (exact) mass is 322 g/mol. The Labute approximate surface area is 141 Å². The van der Waals surface area contributed by atoms with Crippen molar-refractivity contribution >= 4 is 5.82 Å². The van der Waals surface area contributed by atoms with Crippen LogP contribution in [0.1, 0.15) is 18.7 Å². The number of aromatic nitrogens is 3. The Morgan fingerprint density at radius 2 is 2.08 bits per heavy atom. The first-order valence-corrected chi connectivity index (χ1v) is 8.53. The average molecular weight is 322 g/mol. The lowest BCUT2D eigenvalue weighted by atomic mass is 9.99. The highest BCUT2D eigenvalue weighted by Gasteiger charge is 2.26. The Bertz CT molecular complexity index is 799. The Morgan fingerprint density at radius 3 is 2.88 bits per heavy atom. The van der Waals surface area contributed by atoms with E-state index in [0.717, 1.165) is 60.2 Å². The minimum Gasteiger partial charge on any atom is -0.396 e. The molecular formula is C19H22N4O. The maximum absolute atomic E-state index is 9.51. The van der Waals surface area contributed by atoms with Crippen LogP contribution in [-0.4, -0.2) is 39.8 Å².